The molecule has 0 N–H and O–H groups in total. The molecule has 1 fully saturated rings. The molecule has 0 aromatic carbocycles. The van der Waals surface area contributed by atoms with Gasteiger partial charge in [-0.15, -0.1) is 0 Å². The third-order valence-corrected chi connectivity index (χ3v) is 9.19. The van der Waals surface area contributed by atoms with Gasteiger partial charge in [-0.3, -0.25) is 9.79 Å². The van der Waals surface area contributed by atoms with E-state index in [4.69, 9.17) is 14.5 Å². The summed E-state index contributed by atoms with van der Waals surface area (Å²) < 4.78 is 11.1. The van der Waals surface area contributed by atoms with Crippen molar-refractivity contribution in [2.75, 3.05) is 20.8 Å². The van der Waals surface area contributed by atoms with E-state index in [9.17, 15) is 4.79 Å². The number of Topliss-reactive ketones (excluding diaryl/α,β-unsaturated/α-hetero) is 1. The lowest BCUT2D eigenvalue weighted by atomic mass is 9.60. The lowest BCUT2D eigenvalue weighted by molar-refractivity contribution is -0.126. The summed E-state index contributed by atoms with van der Waals surface area (Å²) in [6.45, 7) is 8.07. The number of carbonyl (C=O) groups is 1. The molecular formula is C18H25NO3Si. The van der Waals surface area contributed by atoms with Crippen molar-refractivity contribution in [1.82, 2.24) is 0 Å². The van der Waals surface area contributed by atoms with Crippen molar-refractivity contribution >= 4 is 19.6 Å². The maximum atomic E-state index is 13.3. The zero-order valence-corrected chi connectivity index (χ0v) is 15.6. The molecule has 4 nitrogen and oxygen atoms in total. The van der Waals surface area contributed by atoms with Crippen molar-refractivity contribution < 1.29 is 14.3 Å². The van der Waals surface area contributed by atoms with Crippen LogP contribution in [0, 0.1) is 23.2 Å². The fraction of sp³-hybridized carbons (Fsp3) is 0.667. The van der Waals surface area contributed by atoms with Crippen LogP contribution >= 0.6 is 0 Å². The lowest BCUT2D eigenvalue weighted by Gasteiger charge is -2.42. The molecule has 5 atom stereocenters. The Morgan fingerprint density at radius 3 is 2.48 bits per heavy atom. The third kappa shape index (κ3) is 1.61. The second-order valence-electron chi connectivity index (χ2n) is 8.31. The summed E-state index contributed by atoms with van der Waals surface area (Å²) >= 11 is 0. The van der Waals surface area contributed by atoms with Crippen LogP contribution in [-0.2, 0) is 14.3 Å². The first-order valence-electron chi connectivity index (χ1n) is 8.48. The number of hydrogen-bond acceptors (Lipinski definition) is 4. The number of hydrogen-bond donors (Lipinski definition) is 0. The van der Waals surface area contributed by atoms with Crippen molar-refractivity contribution in [3.8, 4) is 0 Å². The van der Waals surface area contributed by atoms with Crippen LogP contribution < -0.4 is 0 Å². The number of carbonyl (C=O) groups excluding carboxylic acids is 1. The molecular weight excluding hydrogens is 306 g/mol. The van der Waals surface area contributed by atoms with Gasteiger partial charge in [0.2, 0.25) is 11.5 Å². The van der Waals surface area contributed by atoms with Crippen LogP contribution in [0.1, 0.15) is 6.42 Å². The molecule has 4 rings (SSSR count). The van der Waals surface area contributed by atoms with E-state index in [2.05, 4.69) is 31.8 Å². The number of rotatable bonds is 3. The molecule has 23 heavy (non-hydrogen) atoms. The first-order valence-corrected chi connectivity index (χ1v) is 12.1. The van der Waals surface area contributed by atoms with E-state index in [0.717, 1.165) is 18.7 Å². The molecule has 0 saturated heterocycles. The molecule has 0 radical (unpaired) electrons. The predicted octanol–water partition coefficient (Wildman–Crippen LogP) is 3.05. The summed E-state index contributed by atoms with van der Waals surface area (Å²) in [5, 5.41) is 0. The summed E-state index contributed by atoms with van der Waals surface area (Å²) in [7, 11) is 1.78. The van der Waals surface area contributed by atoms with E-state index in [1.807, 2.05) is 0 Å². The van der Waals surface area contributed by atoms with Crippen LogP contribution in [0.4, 0.5) is 0 Å². The van der Waals surface area contributed by atoms with Crippen molar-refractivity contribution in [3.63, 3.8) is 0 Å². The number of allylic oxidation sites excluding steroid dienone is 4. The summed E-state index contributed by atoms with van der Waals surface area (Å²) in [5.74, 6) is 1.85. The number of fused-ring (bicyclic) bond motifs is 3. The zero-order valence-electron chi connectivity index (χ0n) is 14.6. The quantitative estimate of drug-likeness (QED) is 0.590. The highest BCUT2D eigenvalue weighted by Gasteiger charge is 2.71. The fourth-order valence-corrected chi connectivity index (χ4v) is 8.83. The van der Waals surface area contributed by atoms with Crippen molar-refractivity contribution in [3.05, 3.63) is 23.7 Å². The second kappa shape index (κ2) is 4.59. The fourth-order valence-electron chi connectivity index (χ4n) is 5.89. The van der Waals surface area contributed by atoms with Gasteiger partial charge in [-0.25, -0.2) is 0 Å². The molecule has 1 saturated carbocycles. The van der Waals surface area contributed by atoms with Gasteiger partial charge in [-0.1, -0.05) is 31.8 Å². The highest BCUT2D eigenvalue weighted by atomic mass is 28.3. The Morgan fingerprint density at radius 2 is 1.87 bits per heavy atom. The zero-order chi connectivity index (χ0) is 16.6. The predicted molar refractivity (Wildman–Crippen MR) is 92.1 cm³/mol. The van der Waals surface area contributed by atoms with Crippen LogP contribution in [-0.4, -0.2) is 40.3 Å². The molecule has 3 aliphatic carbocycles. The van der Waals surface area contributed by atoms with Crippen LogP contribution in [0.3, 0.4) is 0 Å². The first-order chi connectivity index (χ1) is 10.9. The van der Waals surface area contributed by atoms with Gasteiger partial charge in [0, 0.05) is 26.0 Å². The molecule has 4 aliphatic rings. The Hall–Kier alpha value is -1.36. The topological polar surface area (TPSA) is 47.9 Å². The third-order valence-electron chi connectivity index (χ3n) is 6.45. The summed E-state index contributed by atoms with van der Waals surface area (Å²) in [6.07, 6.45) is 5.65. The van der Waals surface area contributed by atoms with Gasteiger partial charge in [0.15, 0.2) is 5.76 Å². The van der Waals surface area contributed by atoms with E-state index in [-0.39, 0.29) is 17.1 Å². The van der Waals surface area contributed by atoms with Crippen LogP contribution in [0.5, 0.6) is 0 Å². The molecule has 1 heterocycles. The average molecular weight is 331 g/mol. The summed E-state index contributed by atoms with van der Waals surface area (Å²) in [4.78, 5) is 18.1. The molecule has 1 spiro atoms. The SMILES string of the molecule is COC1=C(OC)C2=NCCC23C(C1=O)C1C=C[C@H]3C1[Si](C)(C)C. The standard InChI is InChI=1S/C18H25NO3Si/c1-21-14-13(20)12-10-6-7-11(16(10)23(3,4)5)18(12)8-9-19-17(18)15(14)22-2/h6-7,10-12,16H,8-9H2,1-5H3/t10?,11-,12?,16?,18?/m0/s1. The van der Waals surface area contributed by atoms with E-state index in [1.54, 1.807) is 14.2 Å². The van der Waals surface area contributed by atoms with Crippen LogP contribution in [0.25, 0.3) is 0 Å². The highest BCUT2D eigenvalue weighted by Crippen LogP contribution is 2.70. The van der Waals surface area contributed by atoms with Gasteiger partial charge in [0.05, 0.1) is 19.9 Å². The van der Waals surface area contributed by atoms with Crippen LogP contribution in [0.2, 0.25) is 25.2 Å². The second-order valence-corrected chi connectivity index (χ2v) is 13.7. The summed E-state index contributed by atoms with van der Waals surface area (Å²) in [5.41, 5.74) is 1.46. The Labute approximate surface area is 138 Å². The molecule has 5 heteroatoms. The minimum absolute atomic E-state index is 0.00988. The van der Waals surface area contributed by atoms with E-state index >= 15 is 0 Å². The Balaban J connectivity index is 1.93. The van der Waals surface area contributed by atoms with Gasteiger partial charge in [-0.2, -0.15) is 0 Å². The number of aliphatic imine (C=N–C) groups is 1. The largest absolute Gasteiger partial charge is 0.491 e. The smallest absolute Gasteiger partial charge is 0.206 e. The molecule has 0 aromatic rings. The van der Waals surface area contributed by atoms with Gasteiger partial charge < -0.3 is 9.47 Å². The van der Waals surface area contributed by atoms with Crippen molar-refractivity contribution in [2.24, 2.45) is 28.2 Å². The molecule has 0 aromatic heterocycles. The number of ether oxygens (including phenoxy) is 2. The maximum Gasteiger partial charge on any atom is 0.206 e. The molecule has 1 aliphatic heterocycles. The molecule has 4 unspecified atom stereocenters. The average Bonchev–Trinajstić information content (AvgIpc) is 3.16. The van der Waals surface area contributed by atoms with Gasteiger partial charge in [-0.05, 0) is 23.8 Å². The lowest BCUT2D eigenvalue weighted by Crippen LogP contribution is -2.49. The normalized spacial score (nSPS) is 41.1. The van der Waals surface area contributed by atoms with Gasteiger partial charge >= 0.3 is 0 Å². The maximum absolute atomic E-state index is 13.3. The van der Waals surface area contributed by atoms with Crippen LogP contribution in [0.15, 0.2) is 28.7 Å². The first kappa shape index (κ1) is 15.2. The Morgan fingerprint density at radius 1 is 1.17 bits per heavy atom. The number of ketones is 1. The van der Waals surface area contributed by atoms with Crippen molar-refractivity contribution in [1.29, 1.82) is 0 Å². The van der Waals surface area contributed by atoms with E-state index in [1.165, 1.54) is 0 Å². The minimum atomic E-state index is -1.41. The van der Waals surface area contributed by atoms with E-state index in [0.29, 0.717) is 28.9 Å². The number of nitrogens with zero attached hydrogens (tertiary/aromatic N) is 1. The van der Waals surface area contributed by atoms with Gasteiger partial charge in [0.1, 0.15) is 0 Å². The molecule has 124 valence electrons. The Bertz CT molecular complexity index is 672. The minimum Gasteiger partial charge on any atom is -0.491 e. The highest BCUT2D eigenvalue weighted by molar-refractivity contribution is 6.78. The van der Waals surface area contributed by atoms with E-state index < -0.39 is 8.07 Å². The molecule has 0 amide bonds. The summed E-state index contributed by atoms with van der Waals surface area (Å²) in [6, 6.07) is 0. The van der Waals surface area contributed by atoms with Gasteiger partial charge in [0.25, 0.3) is 0 Å². The monoisotopic (exact) mass is 331 g/mol. The molecule has 2 bridgehead atoms. The number of methoxy groups -OCH3 is 2. The van der Waals surface area contributed by atoms with Crippen molar-refractivity contribution in [2.45, 2.75) is 31.6 Å². The Kier molecular flexibility index (Phi) is 3.03.